The van der Waals surface area contributed by atoms with E-state index in [1.807, 2.05) is 0 Å². The van der Waals surface area contributed by atoms with E-state index in [-0.39, 0.29) is 30.6 Å². The monoisotopic (exact) mass is 358 g/mol. The standard InChI is InChI=1S/C14H14OSe2/c1-11-7-3-5-9-13(11)16-15-17-14-10-6-4-8-12(14)2/h3-10H,1-2H3. The van der Waals surface area contributed by atoms with Gasteiger partial charge in [-0.05, 0) is 0 Å². The Hall–Kier alpha value is -0.561. The topological polar surface area (TPSA) is 9.23 Å². The molecule has 0 bridgehead atoms. The van der Waals surface area contributed by atoms with Gasteiger partial charge in [0.15, 0.2) is 0 Å². The molecule has 0 radical (unpaired) electrons. The maximum atomic E-state index is 5.89. The summed E-state index contributed by atoms with van der Waals surface area (Å²) >= 11 is 0.265. The molecule has 0 saturated heterocycles. The number of hydrogen-bond donors (Lipinski definition) is 0. The van der Waals surface area contributed by atoms with Gasteiger partial charge < -0.3 is 0 Å². The third-order valence-electron chi connectivity index (χ3n) is 2.43. The van der Waals surface area contributed by atoms with E-state index in [2.05, 4.69) is 62.4 Å². The molecule has 0 aliphatic heterocycles. The van der Waals surface area contributed by atoms with Crippen molar-refractivity contribution in [2.75, 3.05) is 0 Å². The van der Waals surface area contributed by atoms with Gasteiger partial charge in [0.05, 0.1) is 0 Å². The maximum absolute atomic E-state index is 5.89. The zero-order chi connectivity index (χ0) is 12.1. The Labute approximate surface area is 116 Å². The van der Waals surface area contributed by atoms with Crippen LogP contribution in [-0.4, -0.2) is 30.6 Å². The van der Waals surface area contributed by atoms with Gasteiger partial charge >= 0.3 is 116 Å². The average Bonchev–Trinajstić information content (AvgIpc) is 2.34. The minimum absolute atomic E-state index is 0.133. The molecule has 0 unspecified atom stereocenters. The van der Waals surface area contributed by atoms with Crippen LogP contribution in [0.3, 0.4) is 0 Å². The molecule has 2 rings (SSSR count). The molecule has 0 saturated carbocycles. The third kappa shape index (κ3) is 3.70. The van der Waals surface area contributed by atoms with Crippen molar-refractivity contribution in [2.45, 2.75) is 13.8 Å². The van der Waals surface area contributed by atoms with Gasteiger partial charge in [0, 0.05) is 0 Å². The molecule has 0 fully saturated rings. The van der Waals surface area contributed by atoms with Gasteiger partial charge in [-0.2, -0.15) is 0 Å². The summed E-state index contributed by atoms with van der Waals surface area (Å²) in [5.74, 6) is 0. The Balaban J connectivity index is 1.93. The van der Waals surface area contributed by atoms with Crippen molar-refractivity contribution in [3.63, 3.8) is 0 Å². The van der Waals surface area contributed by atoms with Crippen LogP contribution in [0.1, 0.15) is 11.1 Å². The van der Waals surface area contributed by atoms with Gasteiger partial charge in [-0.15, -0.1) is 0 Å². The van der Waals surface area contributed by atoms with E-state index < -0.39 is 0 Å². The normalized spacial score (nSPS) is 10.5. The summed E-state index contributed by atoms with van der Waals surface area (Å²) in [6, 6.07) is 16.9. The summed E-state index contributed by atoms with van der Waals surface area (Å²) in [6.07, 6.45) is 0. The van der Waals surface area contributed by atoms with Crippen LogP contribution < -0.4 is 8.92 Å². The van der Waals surface area contributed by atoms with E-state index in [1.165, 1.54) is 20.1 Å². The van der Waals surface area contributed by atoms with E-state index in [0.29, 0.717) is 0 Å². The molecule has 17 heavy (non-hydrogen) atoms. The Morgan fingerprint density at radius 1 is 0.706 bits per heavy atom. The molecule has 3 heteroatoms. The Kier molecular flexibility index (Phi) is 4.85. The van der Waals surface area contributed by atoms with Gasteiger partial charge in [0.25, 0.3) is 0 Å². The Morgan fingerprint density at radius 2 is 1.12 bits per heavy atom. The molecule has 2 aromatic carbocycles. The zero-order valence-corrected chi connectivity index (χ0v) is 13.3. The third-order valence-corrected chi connectivity index (χ3v) is 6.88. The van der Waals surface area contributed by atoms with Crippen LogP contribution in [0.5, 0.6) is 0 Å². The molecule has 0 atom stereocenters. The first-order valence-corrected chi connectivity index (χ1v) is 8.51. The summed E-state index contributed by atoms with van der Waals surface area (Å²) in [5.41, 5.74) is 2.65. The predicted molar refractivity (Wildman–Crippen MR) is 74.2 cm³/mol. The fraction of sp³-hybridized carbons (Fsp3) is 0.143. The summed E-state index contributed by atoms with van der Waals surface area (Å²) < 4.78 is 8.58. The van der Waals surface area contributed by atoms with Crippen molar-refractivity contribution >= 4 is 39.5 Å². The molecule has 0 N–H and O–H groups in total. The van der Waals surface area contributed by atoms with Crippen molar-refractivity contribution in [3.8, 4) is 0 Å². The molecule has 1 nitrogen and oxygen atoms in total. The molecular weight excluding hydrogens is 342 g/mol. The van der Waals surface area contributed by atoms with E-state index in [0.717, 1.165) is 0 Å². The van der Waals surface area contributed by atoms with Crippen LogP contribution >= 0.6 is 0 Å². The van der Waals surface area contributed by atoms with E-state index in [4.69, 9.17) is 2.90 Å². The van der Waals surface area contributed by atoms with Crippen molar-refractivity contribution < 1.29 is 2.90 Å². The van der Waals surface area contributed by atoms with Gasteiger partial charge in [0.1, 0.15) is 0 Å². The fourth-order valence-electron chi connectivity index (χ4n) is 1.39. The van der Waals surface area contributed by atoms with Gasteiger partial charge in [0.2, 0.25) is 0 Å². The summed E-state index contributed by atoms with van der Waals surface area (Å²) in [7, 11) is 0. The van der Waals surface area contributed by atoms with Crippen molar-refractivity contribution in [3.05, 3.63) is 59.7 Å². The number of aryl methyl sites for hydroxylation is 2. The van der Waals surface area contributed by atoms with Crippen LogP contribution in [0.4, 0.5) is 0 Å². The molecule has 88 valence electrons. The molecule has 0 aromatic heterocycles. The second-order valence-corrected chi connectivity index (χ2v) is 8.08. The van der Waals surface area contributed by atoms with Crippen molar-refractivity contribution in [2.24, 2.45) is 0 Å². The summed E-state index contributed by atoms with van der Waals surface area (Å²) in [4.78, 5) is 0. The Morgan fingerprint density at radius 3 is 1.53 bits per heavy atom. The first kappa shape index (κ1) is 12.9. The number of benzene rings is 2. The predicted octanol–water partition coefficient (Wildman–Crippen LogP) is 1.51. The molecule has 0 spiro atoms. The molecule has 0 amide bonds. The minimum atomic E-state index is 0.133. The number of hydrogen-bond acceptors (Lipinski definition) is 1. The van der Waals surface area contributed by atoms with Gasteiger partial charge in [-0.1, -0.05) is 0 Å². The molecule has 0 aliphatic carbocycles. The van der Waals surface area contributed by atoms with Crippen LogP contribution in [0.25, 0.3) is 0 Å². The quantitative estimate of drug-likeness (QED) is 0.755. The van der Waals surface area contributed by atoms with Crippen LogP contribution in [-0.2, 0) is 2.90 Å². The van der Waals surface area contributed by atoms with E-state index >= 15 is 0 Å². The number of rotatable bonds is 4. The molecular formula is C14H14OSe2. The average molecular weight is 356 g/mol. The van der Waals surface area contributed by atoms with Crippen molar-refractivity contribution in [1.29, 1.82) is 0 Å². The van der Waals surface area contributed by atoms with Crippen LogP contribution in [0.15, 0.2) is 48.5 Å². The van der Waals surface area contributed by atoms with Crippen LogP contribution in [0, 0.1) is 13.8 Å². The van der Waals surface area contributed by atoms with Gasteiger partial charge in [-0.3, -0.25) is 0 Å². The SMILES string of the molecule is Cc1ccccc1[Se]O[Se]c1ccccc1C. The van der Waals surface area contributed by atoms with Crippen LogP contribution in [0.2, 0.25) is 0 Å². The summed E-state index contributed by atoms with van der Waals surface area (Å²) in [5, 5.41) is 0. The fourth-order valence-corrected chi connectivity index (χ4v) is 5.14. The second-order valence-electron chi connectivity index (χ2n) is 3.77. The molecule has 0 aliphatic rings. The van der Waals surface area contributed by atoms with Gasteiger partial charge in [-0.25, -0.2) is 0 Å². The first-order chi connectivity index (χ1) is 8.27. The molecule has 2 aromatic rings. The summed E-state index contributed by atoms with van der Waals surface area (Å²) in [6.45, 7) is 4.28. The van der Waals surface area contributed by atoms with E-state index in [1.54, 1.807) is 0 Å². The first-order valence-electron chi connectivity index (χ1n) is 5.40. The second kappa shape index (κ2) is 6.39. The molecule has 0 heterocycles. The van der Waals surface area contributed by atoms with Crippen molar-refractivity contribution in [1.82, 2.24) is 0 Å². The zero-order valence-electron chi connectivity index (χ0n) is 9.84. The Bertz CT molecular complexity index is 452. The van der Waals surface area contributed by atoms with E-state index in [9.17, 15) is 0 Å².